The lowest BCUT2D eigenvalue weighted by Gasteiger charge is -2.28. The van der Waals surface area contributed by atoms with Gasteiger partial charge in [0.05, 0.1) is 30.7 Å². The third-order valence-electron chi connectivity index (χ3n) is 15.8. The fourth-order valence-electron chi connectivity index (χ4n) is 10.7. The molecule has 84 heavy (non-hydrogen) atoms. The number of imide groups is 1. The summed E-state index contributed by atoms with van der Waals surface area (Å²) in [6.45, 7) is 7.54. The summed E-state index contributed by atoms with van der Waals surface area (Å²) in [5, 5.41) is 0. The number of carbonyl (C=O) groups is 3. The van der Waals surface area contributed by atoms with Gasteiger partial charge >= 0.3 is 0 Å². The van der Waals surface area contributed by atoms with Crippen LogP contribution in [0.1, 0.15) is 139 Å². The molecular formula is C63H84N6O11S4. The minimum absolute atomic E-state index is 0.000101. The quantitative estimate of drug-likeness (QED) is 0.0431. The first kappa shape index (κ1) is 65.9. The third kappa shape index (κ3) is 17.5. The van der Waals surface area contributed by atoms with Crippen molar-refractivity contribution in [2.75, 3.05) is 72.0 Å². The van der Waals surface area contributed by atoms with Crippen LogP contribution >= 0.6 is 0 Å². The first-order valence-corrected chi connectivity index (χ1v) is 35.4. The Bertz CT molecular complexity index is 3420. The highest BCUT2D eigenvalue weighted by Gasteiger charge is 2.36. The molecule has 456 valence electrons. The zero-order chi connectivity index (χ0) is 60.5. The first-order chi connectivity index (χ1) is 40.1. The zero-order valence-corrected chi connectivity index (χ0v) is 52.5. The van der Waals surface area contributed by atoms with Gasteiger partial charge in [0, 0.05) is 78.4 Å². The van der Waals surface area contributed by atoms with Crippen molar-refractivity contribution in [1.29, 1.82) is 0 Å². The van der Waals surface area contributed by atoms with Gasteiger partial charge in [-0.1, -0.05) is 128 Å². The van der Waals surface area contributed by atoms with Crippen LogP contribution in [-0.2, 0) is 44.9 Å². The Morgan fingerprint density at radius 2 is 0.619 bits per heavy atom. The Morgan fingerprint density at radius 1 is 0.345 bits per heavy atom. The number of benzene rings is 5. The Labute approximate surface area is 500 Å². The smallest absolute Gasteiger partial charge is 0.261 e. The summed E-state index contributed by atoms with van der Waals surface area (Å²) in [6.07, 6.45) is 10.5. The van der Waals surface area contributed by atoms with E-state index in [0.717, 1.165) is 65.7 Å². The van der Waals surface area contributed by atoms with Gasteiger partial charge < -0.3 is 4.90 Å². The second-order valence-electron chi connectivity index (χ2n) is 22.3. The van der Waals surface area contributed by atoms with Gasteiger partial charge in [-0.05, 0) is 133 Å². The summed E-state index contributed by atoms with van der Waals surface area (Å²) >= 11 is 0. The number of carbonyl (C=O) groups excluding carboxylic acids is 3. The van der Waals surface area contributed by atoms with Crippen molar-refractivity contribution in [2.24, 2.45) is 0 Å². The van der Waals surface area contributed by atoms with Gasteiger partial charge in [-0.3, -0.25) is 19.3 Å². The second-order valence-corrected chi connectivity index (χ2v) is 30.0. The lowest BCUT2D eigenvalue weighted by Crippen LogP contribution is -2.40. The highest BCUT2D eigenvalue weighted by molar-refractivity contribution is 7.90. The molecule has 0 N–H and O–H groups in total. The number of rotatable bonds is 28. The van der Waals surface area contributed by atoms with Crippen LogP contribution in [0.5, 0.6) is 0 Å². The molecule has 0 aliphatic carbocycles. The van der Waals surface area contributed by atoms with Crippen LogP contribution in [0, 0.1) is 27.7 Å². The number of hydrogen-bond donors (Lipinski definition) is 0. The van der Waals surface area contributed by atoms with E-state index in [2.05, 4.69) is 0 Å². The van der Waals surface area contributed by atoms with Gasteiger partial charge in [-0.2, -0.15) is 17.2 Å². The van der Waals surface area contributed by atoms with E-state index in [-0.39, 0.29) is 121 Å². The van der Waals surface area contributed by atoms with Crippen molar-refractivity contribution in [3.05, 3.63) is 155 Å². The summed E-state index contributed by atoms with van der Waals surface area (Å²) in [6, 6.07) is 32.2. The summed E-state index contributed by atoms with van der Waals surface area (Å²) in [4.78, 5) is 43.1. The lowest BCUT2D eigenvalue weighted by atomic mass is 10.1. The predicted molar refractivity (Wildman–Crippen MR) is 327 cm³/mol. The third-order valence-corrected chi connectivity index (χ3v) is 23.4. The Morgan fingerprint density at radius 3 is 0.940 bits per heavy atom. The molecule has 0 spiro atoms. The minimum atomic E-state index is -4.25. The number of sulfonamides is 4. The molecule has 1 fully saturated rings. The summed E-state index contributed by atoms with van der Waals surface area (Å²) in [5.74, 6) is -0.852. The highest BCUT2D eigenvalue weighted by atomic mass is 32.2. The Hall–Kier alpha value is -5.65. The van der Waals surface area contributed by atoms with E-state index in [0.29, 0.717) is 25.9 Å². The minimum Gasteiger partial charge on any atom is -0.343 e. The van der Waals surface area contributed by atoms with Gasteiger partial charge in [0.15, 0.2) is 0 Å². The standard InChI is InChI=1S/C63H84N6O11S4/c1-51-24-32-55(33-25-51)81(73,74)65(42-16-41-64-40-15-11-9-7-5-6-8-10-12-23-61(64)70)43-17-44-66(82(75,76)56-34-26-52(2)27-35-56)45-18-46-67(83(77,78)57-36-28-53(3)29-37-57)47-19-48-68(84(79,80)58-38-30-54(4)31-39-58)49-20-50-69-62(71)59-21-13-14-22-60(59)63(69)72/h13-14,21-22,24-39H,5-12,15-20,23,40-50H2,1-4H3. The van der Waals surface area contributed by atoms with Crippen LogP contribution in [0.2, 0.25) is 0 Å². The van der Waals surface area contributed by atoms with E-state index in [4.69, 9.17) is 0 Å². The predicted octanol–water partition coefficient (Wildman–Crippen LogP) is 9.97. The van der Waals surface area contributed by atoms with E-state index in [1.807, 2.05) is 32.6 Å². The summed E-state index contributed by atoms with van der Waals surface area (Å²) in [7, 11) is -16.7. The van der Waals surface area contributed by atoms with Crippen LogP contribution in [0.25, 0.3) is 0 Å². The molecule has 0 bridgehead atoms. The molecule has 2 heterocycles. The van der Waals surface area contributed by atoms with Gasteiger partial charge in [-0.15, -0.1) is 0 Å². The van der Waals surface area contributed by atoms with Crippen molar-refractivity contribution in [3.8, 4) is 0 Å². The van der Waals surface area contributed by atoms with Crippen LogP contribution in [0.15, 0.2) is 141 Å². The Kier molecular flexibility index (Phi) is 24.0. The van der Waals surface area contributed by atoms with Crippen molar-refractivity contribution in [2.45, 2.75) is 144 Å². The van der Waals surface area contributed by atoms with E-state index >= 15 is 0 Å². The fourth-order valence-corrected chi connectivity index (χ4v) is 16.8. The molecule has 2 aliphatic heterocycles. The van der Waals surface area contributed by atoms with Crippen molar-refractivity contribution in [1.82, 2.24) is 27.0 Å². The molecular weight excluding hydrogens is 1140 g/mol. The molecule has 7 rings (SSSR count). The molecule has 0 radical (unpaired) electrons. The number of amides is 3. The number of nitrogens with zero attached hydrogens (tertiary/aromatic N) is 6. The maximum Gasteiger partial charge on any atom is 0.261 e. The largest absolute Gasteiger partial charge is 0.343 e. The number of hydrogen-bond acceptors (Lipinski definition) is 11. The van der Waals surface area contributed by atoms with E-state index in [9.17, 15) is 48.1 Å². The molecule has 0 saturated carbocycles. The maximum absolute atomic E-state index is 14.7. The van der Waals surface area contributed by atoms with Gasteiger partial charge in [0.2, 0.25) is 46.0 Å². The summed E-state index contributed by atoms with van der Waals surface area (Å²) < 4.78 is 122. The second kappa shape index (κ2) is 30.6. The maximum atomic E-state index is 14.7. The van der Waals surface area contributed by atoms with Crippen LogP contribution in [0.3, 0.4) is 0 Å². The van der Waals surface area contributed by atoms with Crippen LogP contribution < -0.4 is 0 Å². The van der Waals surface area contributed by atoms with Crippen LogP contribution in [0.4, 0.5) is 0 Å². The van der Waals surface area contributed by atoms with Gasteiger partial charge in [0.25, 0.3) is 11.8 Å². The molecule has 5 aromatic carbocycles. The van der Waals surface area contributed by atoms with Crippen molar-refractivity contribution < 1.29 is 48.1 Å². The molecule has 5 aromatic rings. The molecule has 17 nitrogen and oxygen atoms in total. The van der Waals surface area contributed by atoms with Gasteiger partial charge in [-0.25, -0.2) is 33.7 Å². The lowest BCUT2D eigenvalue weighted by molar-refractivity contribution is -0.131. The number of aryl methyl sites for hydroxylation is 4. The SMILES string of the molecule is Cc1ccc(S(=O)(=O)N(CCCN2CCCCCCCCCCCC2=O)CCCN(CCCN(CCCN(CCCN2C(=O)c3ccccc3C2=O)S(=O)(=O)c2ccc(C)cc2)S(=O)(=O)c2ccc(C)cc2)S(=O)(=O)c2ccc(C)cc2)cc1. The molecule has 2 aliphatic rings. The molecule has 0 aromatic heterocycles. The van der Waals surface area contributed by atoms with E-state index in [1.54, 1.807) is 84.9 Å². The molecule has 0 atom stereocenters. The Balaban J connectivity index is 1.09. The van der Waals surface area contributed by atoms with E-state index < -0.39 is 51.9 Å². The van der Waals surface area contributed by atoms with E-state index in [1.165, 1.54) is 72.9 Å². The van der Waals surface area contributed by atoms with Crippen molar-refractivity contribution in [3.63, 3.8) is 0 Å². The molecule has 1 saturated heterocycles. The highest BCUT2D eigenvalue weighted by Crippen LogP contribution is 2.26. The topological polar surface area (TPSA) is 207 Å². The first-order valence-electron chi connectivity index (χ1n) is 29.6. The normalized spacial score (nSPS) is 15.5. The monoisotopic (exact) mass is 1230 g/mol. The summed E-state index contributed by atoms with van der Waals surface area (Å²) in [5.41, 5.74) is 3.95. The van der Waals surface area contributed by atoms with Gasteiger partial charge in [0.1, 0.15) is 0 Å². The molecule has 21 heteroatoms. The van der Waals surface area contributed by atoms with Crippen molar-refractivity contribution >= 4 is 57.8 Å². The average Bonchev–Trinajstić information content (AvgIpc) is 3.96. The fraction of sp³-hybridized carbons (Fsp3) is 0.476. The van der Waals surface area contributed by atoms with Crippen LogP contribution in [-0.4, -0.2) is 150 Å². The zero-order valence-electron chi connectivity index (χ0n) is 49.2. The number of fused-ring (bicyclic) bond motifs is 1. The molecule has 0 unspecified atom stereocenters. The molecule has 3 amide bonds. The average molecular weight is 1230 g/mol.